The molecule has 2 aliphatic rings. The smallest absolute Gasteiger partial charge is 0.000706 e. The van der Waals surface area contributed by atoms with Crippen LogP contribution in [0.2, 0.25) is 0 Å². The second-order valence-corrected chi connectivity index (χ2v) is 6.31. The Morgan fingerprint density at radius 3 is 2.86 bits per heavy atom. The van der Waals surface area contributed by atoms with Crippen molar-refractivity contribution in [2.75, 3.05) is 0 Å². The number of benzene rings is 2. The van der Waals surface area contributed by atoms with Gasteiger partial charge in [0.15, 0.2) is 0 Å². The summed E-state index contributed by atoms with van der Waals surface area (Å²) >= 11 is 0. The molecule has 0 aromatic heterocycles. The van der Waals surface area contributed by atoms with Crippen LogP contribution >= 0.6 is 0 Å². The lowest BCUT2D eigenvalue weighted by atomic mass is 9.95. The molecule has 2 aromatic rings. The van der Waals surface area contributed by atoms with Crippen molar-refractivity contribution in [3.05, 3.63) is 76.9 Å². The summed E-state index contributed by atoms with van der Waals surface area (Å²) in [6.07, 6.45) is 10.5. The number of rotatable bonds is 4. The van der Waals surface area contributed by atoms with Gasteiger partial charge >= 0.3 is 0 Å². The van der Waals surface area contributed by atoms with Gasteiger partial charge in [-0.3, -0.25) is 0 Å². The fraction of sp³-hybridized carbons (Fsp3) is 0.273. The van der Waals surface area contributed by atoms with E-state index in [0.717, 1.165) is 12.8 Å². The van der Waals surface area contributed by atoms with Crippen LogP contribution in [-0.4, -0.2) is 0 Å². The Hall–Kier alpha value is -2.08. The number of fused-ring (bicyclic) bond motifs is 3. The minimum Gasteiger partial charge on any atom is -0.0798 e. The maximum Gasteiger partial charge on any atom is -0.000706 e. The molecule has 0 saturated heterocycles. The molecule has 0 atom stereocenters. The molecule has 0 saturated carbocycles. The van der Waals surface area contributed by atoms with E-state index >= 15 is 0 Å². The SMILES string of the molecule is CCCCC1=C(c2[c]c3c(cc2)-c2ccccc2C3)CC=C1. The van der Waals surface area contributed by atoms with Gasteiger partial charge in [0, 0.05) is 0 Å². The molecule has 22 heavy (non-hydrogen) atoms. The second-order valence-electron chi connectivity index (χ2n) is 6.31. The van der Waals surface area contributed by atoms with Crippen LogP contribution in [0.4, 0.5) is 0 Å². The van der Waals surface area contributed by atoms with Gasteiger partial charge in [-0.15, -0.1) is 0 Å². The molecular formula is C22H21. The maximum atomic E-state index is 3.72. The van der Waals surface area contributed by atoms with Gasteiger partial charge in [-0.05, 0) is 70.7 Å². The highest BCUT2D eigenvalue weighted by molar-refractivity contribution is 5.81. The lowest BCUT2D eigenvalue weighted by molar-refractivity contribution is 0.800. The maximum absolute atomic E-state index is 3.72. The standard InChI is InChI=1S/C22H21/c1-2-3-7-16-9-6-11-20(16)18-12-13-22-19(15-18)14-17-8-4-5-10-21(17)22/h4-6,8-10,12-13H,2-3,7,11,14H2,1H3. The predicted octanol–water partition coefficient (Wildman–Crippen LogP) is 5.96. The van der Waals surface area contributed by atoms with Crippen LogP contribution in [0.5, 0.6) is 0 Å². The highest BCUT2D eigenvalue weighted by Crippen LogP contribution is 2.39. The molecule has 109 valence electrons. The number of unbranched alkanes of at least 4 members (excludes halogenated alkanes) is 1. The van der Waals surface area contributed by atoms with Gasteiger partial charge in [0.1, 0.15) is 0 Å². The van der Waals surface area contributed by atoms with Gasteiger partial charge in [-0.25, -0.2) is 0 Å². The van der Waals surface area contributed by atoms with E-state index in [-0.39, 0.29) is 0 Å². The lowest BCUT2D eigenvalue weighted by Gasteiger charge is -2.09. The average molecular weight is 285 g/mol. The summed E-state index contributed by atoms with van der Waals surface area (Å²) < 4.78 is 0. The van der Waals surface area contributed by atoms with Crippen LogP contribution in [0.25, 0.3) is 16.7 Å². The molecule has 0 aliphatic heterocycles. The molecule has 0 heterocycles. The third-order valence-electron chi connectivity index (χ3n) is 4.86. The zero-order valence-electron chi connectivity index (χ0n) is 13.2. The van der Waals surface area contributed by atoms with Gasteiger partial charge < -0.3 is 0 Å². The van der Waals surface area contributed by atoms with E-state index in [4.69, 9.17) is 0 Å². The van der Waals surface area contributed by atoms with E-state index in [1.165, 1.54) is 58.2 Å². The van der Waals surface area contributed by atoms with Gasteiger partial charge in [-0.1, -0.05) is 61.9 Å². The molecule has 4 rings (SSSR count). The Morgan fingerprint density at radius 2 is 1.95 bits per heavy atom. The molecule has 0 nitrogen and oxygen atoms in total. The Bertz CT molecular complexity index is 774. The molecule has 0 unspecified atom stereocenters. The summed E-state index contributed by atoms with van der Waals surface area (Å²) in [4.78, 5) is 0. The van der Waals surface area contributed by atoms with Crippen LogP contribution in [0.3, 0.4) is 0 Å². The van der Waals surface area contributed by atoms with Crippen molar-refractivity contribution in [2.45, 2.75) is 39.0 Å². The van der Waals surface area contributed by atoms with Crippen LogP contribution in [0.1, 0.15) is 49.3 Å². The topological polar surface area (TPSA) is 0 Å². The van der Waals surface area contributed by atoms with Crippen molar-refractivity contribution in [2.24, 2.45) is 0 Å². The van der Waals surface area contributed by atoms with Crippen LogP contribution < -0.4 is 0 Å². The van der Waals surface area contributed by atoms with Gasteiger partial charge in [0.05, 0.1) is 0 Å². The summed E-state index contributed by atoms with van der Waals surface area (Å²) in [6.45, 7) is 2.26. The van der Waals surface area contributed by atoms with Crippen molar-refractivity contribution in [1.82, 2.24) is 0 Å². The number of hydrogen-bond donors (Lipinski definition) is 0. The quantitative estimate of drug-likeness (QED) is 0.554. The lowest BCUT2D eigenvalue weighted by Crippen LogP contribution is -1.90. The minimum absolute atomic E-state index is 1.03. The van der Waals surface area contributed by atoms with Crippen molar-refractivity contribution >= 4 is 5.57 Å². The van der Waals surface area contributed by atoms with E-state index in [1.807, 2.05) is 0 Å². The summed E-state index contributed by atoms with van der Waals surface area (Å²) in [7, 11) is 0. The van der Waals surface area contributed by atoms with Gasteiger partial charge in [-0.2, -0.15) is 0 Å². The van der Waals surface area contributed by atoms with E-state index < -0.39 is 0 Å². The average Bonchev–Trinajstić information content (AvgIpc) is 3.16. The Morgan fingerprint density at radius 1 is 1.05 bits per heavy atom. The highest BCUT2D eigenvalue weighted by atomic mass is 14.2. The van der Waals surface area contributed by atoms with Crippen molar-refractivity contribution < 1.29 is 0 Å². The van der Waals surface area contributed by atoms with Crippen molar-refractivity contribution in [3.63, 3.8) is 0 Å². The summed E-state index contributed by atoms with van der Waals surface area (Å²) in [5.74, 6) is 0. The third kappa shape index (κ3) is 2.23. The highest BCUT2D eigenvalue weighted by Gasteiger charge is 2.20. The molecule has 0 bridgehead atoms. The first kappa shape index (κ1) is 13.6. The van der Waals surface area contributed by atoms with Crippen LogP contribution in [0, 0.1) is 6.07 Å². The Labute approximate surface area is 133 Å². The number of allylic oxidation sites excluding steroid dienone is 4. The molecule has 0 spiro atoms. The second kappa shape index (κ2) is 5.61. The molecule has 0 fully saturated rings. The predicted molar refractivity (Wildman–Crippen MR) is 93.7 cm³/mol. The zero-order valence-corrected chi connectivity index (χ0v) is 13.2. The zero-order chi connectivity index (χ0) is 14.9. The molecule has 0 amide bonds. The molecule has 2 aliphatic carbocycles. The normalized spacial score (nSPS) is 15.3. The molecular weight excluding hydrogens is 264 g/mol. The van der Waals surface area contributed by atoms with E-state index in [9.17, 15) is 0 Å². The Balaban J connectivity index is 1.70. The molecule has 0 N–H and O–H groups in total. The monoisotopic (exact) mass is 285 g/mol. The van der Waals surface area contributed by atoms with Crippen LogP contribution in [0.15, 0.2) is 54.1 Å². The fourth-order valence-corrected chi connectivity index (χ4v) is 3.67. The van der Waals surface area contributed by atoms with Crippen LogP contribution in [-0.2, 0) is 6.42 Å². The first-order valence-electron chi connectivity index (χ1n) is 8.39. The molecule has 0 heteroatoms. The molecule has 1 radical (unpaired) electrons. The third-order valence-corrected chi connectivity index (χ3v) is 4.86. The first-order chi connectivity index (χ1) is 10.9. The van der Waals surface area contributed by atoms with Gasteiger partial charge in [0.2, 0.25) is 0 Å². The van der Waals surface area contributed by atoms with E-state index in [1.54, 1.807) is 0 Å². The molecule has 2 aromatic carbocycles. The largest absolute Gasteiger partial charge is 0.0798 e. The summed E-state index contributed by atoms with van der Waals surface area (Å²) in [6, 6.07) is 17.0. The van der Waals surface area contributed by atoms with Crippen molar-refractivity contribution in [1.29, 1.82) is 0 Å². The van der Waals surface area contributed by atoms with E-state index in [0.29, 0.717) is 0 Å². The number of hydrogen-bond acceptors (Lipinski definition) is 0. The van der Waals surface area contributed by atoms with Crippen molar-refractivity contribution in [3.8, 4) is 11.1 Å². The Kier molecular flexibility index (Phi) is 3.46. The first-order valence-corrected chi connectivity index (χ1v) is 8.39. The van der Waals surface area contributed by atoms with Gasteiger partial charge in [0.25, 0.3) is 0 Å². The fourth-order valence-electron chi connectivity index (χ4n) is 3.67. The minimum atomic E-state index is 1.03. The summed E-state index contributed by atoms with van der Waals surface area (Å²) in [5.41, 5.74) is 9.90. The van der Waals surface area contributed by atoms with E-state index in [2.05, 4.69) is 61.5 Å². The summed E-state index contributed by atoms with van der Waals surface area (Å²) in [5, 5.41) is 0.